The van der Waals surface area contributed by atoms with Crippen LogP contribution in [0.1, 0.15) is 25.0 Å². The number of benzene rings is 1. The van der Waals surface area contributed by atoms with Crippen LogP contribution in [0.2, 0.25) is 0 Å². The van der Waals surface area contributed by atoms with Gasteiger partial charge in [-0.25, -0.2) is 4.79 Å². The first-order valence-corrected chi connectivity index (χ1v) is 6.15. The molecule has 1 fully saturated rings. The highest BCUT2D eigenvalue weighted by Crippen LogP contribution is 2.32. The summed E-state index contributed by atoms with van der Waals surface area (Å²) >= 11 is 0. The molecule has 0 aliphatic carbocycles. The molecule has 5 nitrogen and oxygen atoms in total. The molecule has 1 aliphatic rings. The van der Waals surface area contributed by atoms with E-state index in [0.29, 0.717) is 6.61 Å². The van der Waals surface area contributed by atoms with Gasteiger partial charge in [0, 0.05) is 5.92 Å². The Kier molecular flexibility index (Phi) is 2.72. The second-order valence-corrected chi connectivity index (χ2v) is 4.97. The summed E-state index contributed by atoms with van der Waals surface area (Å²) in [5, 5.41) is 10.3. The summed E-state index contributed by atoms with van der Waals surface area (Å²) in [5.74, 6) is 0.128. The summed E-state index contributed by atoms with van der Waals surface area (Å²) in [5.41, 5.74) is 2.07. The average molecular weight is 248 g/mol. The molecule has 1 saturated heterocycles. The van der Waals surface area contributed by atoms with Crippen LogP contribution in [0.5, 0.6) is 0 Å². The van der Waals surface area contributed by atoms with Crippen LogP contribution in [0, 0.1) is 5.92 Å². The molecule has 3 rings (SSSR count). The maximum Gasteiger partial charge on any atom is 0.323 e. The van der Waals surface area contributed by atoms with Crippen LogP contribution < -0.4 is 5.69 Å². The van der Waals surface area contributed by atoms with Crippen LogP contribution in [-0.2, 0) is 4.74 Å². The van der Waals surface area contributed by atoms with Crippen molar-refractivity contribution in [3.63, 3.8) is 0 Å². The first kappa shape index (κ1) is 11.5. The van der Waals surface area contributed by atoms with Crippen LogP contribution in [0.15, 0.2) is 23.0 Å². The molecule has 0 saturated carbocycles. The molecule has 1 aromatic heterocycles. The van der Waals surface area contributed by atoms with Gasteiger partial charge in [0.05, 0.1) is 29.8 Å². The van der Waals surface area contributed by atoms with Gasteiger partial charge in [-0.2, -0.15) is 0 Å². The Morgan fingerprint density at radius 1 is 1.39 bits per heavy atom. The number of hydrogen-bond donors (Lipinski definition) is 3. The van der Waals surface area contributed by atoms with E-state index < -0.39 is 6.10 Å². The average Bonchev–Trinajstić information content (AvgIpc) is 2.92. The molecule has 0 bridgehead atoms. The van der Waals surface area contributed by atoms with Crippen molar-refractivity contribution in [2.45, 2.75) is 25.6 Å². The number of rotatable bonds is 2. The molecule has 3 atom stereocenters. The van der Waals surface area contributed by atoms with Gasteiger partial charge in [-0.1, -0.05) is 6.07 Å². The van der Waals surface area contributed by atoms with E-state index in [0.717, 1.165) is 23.0 Å². The van der Waals surface area contributed by atoms with Crippen molar-refractivity contribution >= 4 is 11.0 Å². The number of H-pyrrole nitrogens is 2. The monoisotopic (exact) mass is 248 g/mol. The summed E-state index contributed by atoms with van der Waals surface area (Å²) in [6, 6.07) is 5.48. The summed E-state index contributed by atoms with van der Waals surface area (Å²) < 4.78 is 5.48. The van der Waals surface area contributed by atoms with Crippen LogP contribution in [-0.4, -0.2) is 27.8 Å². The maximum atomic E-state index is 11.2. The fourth-order valence-electron chi connectivity index (χ4n) is 2.58. The third-order valence-electron chi connectivity index (χ3n) is 3.56. The minimum absolute atomic E-state index is 0.128. The van der Waals surface area contributed by atoms with E-state index in [4.69, 9.17) is 4.74 Å². The largest absolute Gasteiger partial charge is 0.388 e. The fourth-order valence-corrected chi connectivity index (χ4v) is 2.58. The van der Waals surface area contributed by atoms with Crippen molar-refractivity contribution < 1.29 is 9.84 Å². The molecular weight excluding hydrogens is 232 g/mol. The zero-order chi connectivity index (χ0) is 12.7. The molecule has 96 valence electrons. The van der Waals surface area contributed by atoms with E-state index >= 15 is 0 Å². The number of aliphatic hydroxyl groups is 1. The van der Waals surface area contributed by atoms with Gasteiger partial charge in [-0.05, 0) is 31.0 Å². The molecular formula is C13H16N2O3. The van der Waals surface area contributed by atoms with Crippen molar-refractivity contribution in [2.75, 3.05) is 6.61 Å². The molecule has 0 amide bonds. The van der Waals surface area contributed by atoms with Gasteiger partial charge >= 0.3 is 5.69 Å². The Morgan fingerprint density at radius 3 is 2.89 bits per heavy atom. The molecule has 0 radical (unpaired) electrons. The lowest BCUT2D eigenvalue weighted by molar-refractivity contribution is 0.0804. The van der Waals surface area contributed by atoms with Gasteiger partial charge in [0.15, 0.2) is 0 Å². The van der Waals surface area contributed by atoms with E-state index in [1.807, 2.05) is 25.1 Å². The second-order valence-electron chi connectivity index (χ2n) is 4.97. The first-order valence-electron chi connectivity index (χ1n) is 6.15. The van der Waals surface area contributed by atoms with Gasteiger partial charge in [-0.15, -0.1) is 0 Å². The lowest BCUT2D eigenvalue weighted by Gasteiger charge is -2.16. The van der Waals surface area contributed by atoms with Gasteiger partial charge in [0.1, 0.15) is 0 Å². The predicted molar refractivity (Wildman–Crippen MR) is 67.4 cm³/mol. The highest BCUT2D eigenvalue weighted by Gasteiger charge is 2.29. The Bertz CT molecular complexity index is 616. The lowest BCUT2D eigenvalue weighted by atomic mass is 9.93. The minimum atomic E-state index is -0.544. The van der Waals surface area contributed by atoms with E-state index in [1.54, 1.807) is 0 Å². The van der Waals surface area contributed by atoms with Gasteiger partial charge in [-0.3, -0.25) is 0 Å². The molecule has 18 heavy (non-hydrogen) atoms. The quantitative estimate of drug-likeness (QED) is 0.750. The fraction of sp³-hybridized carbons (Fsp3) is 0.462. The van der Waals surface area contributed by atoms with Crippen molar-refractivity contribution in [1.29, 1.82) is 0 Å². The van der Waals surface area contributed by atoms with Crippen molar-refractivity contribution in [1.82, 2.24) is 9.97 Å². The van der Waals surface area contributed by atoms with Crippen molar-refractivity contribution in [3.05, 3.63) is 34.2 Å². The molecule has 2 aromatic rings. The zero-order valence-electron chi connectivity index (χ0n) is 10.1. The smallest absolute Gasteiger partial charge is 0.323 e. The number of aliphatic hydroxyl groups excluding tert-OH is 1. The number of aromatic amines is 2. The van der Waals surface area contributed by atoms with Crippen molar-refractivity contribution in [3.8, 4) is 0 Å². The van der Waals surface area contributed by atoms with E-state index in [-0.39, 0.29) is 17.7 Å². The number of fused-ring (bicyclic) bond motifs is 1. The minimum Gasteiger partial charge on any atom is -0.388 e. The number of ether oxygens (including phenoxy) is 1. The molecule has 1 aliphatic heterocycles. The maximum absolute atomic E-state index is 11.2. The van der Waals surface area contributed by atoms with E-state index in [9.17, 15) is 9.90 Å². The first-order chi connectivity index (χ1) is 8.63. The highest BCUT2D eigenvalue weighted by atomic mass is 16.5. The Labute approximate surface area is 104 Å². The summed E-state index contributed by atoms with van der Waals surface area (Å²) in [4.78, 5) is 16.6. The van der Waals surface area contributed by atoms with E-state index in [2.05, 4.69) is 9.97 Å². The second kappa shape index (κ2) is 4.26. The molecule has 3 N–H and O–H groups in total. The van der Waals surface area contributed by atoms with Gasteiger partial charge in [0.25, 0.3) is 0 Å². The summed E-state index contributed by atoms with van der Waals surface area (Å²) in [6.07, 6.45) is 0.529. The van der Waals surface area contributed by atoms with E-state index in [1.165, 1.54) is 0 Å². The Morgan fingerprint density at radius 2 is 2.17 bits per heavy atom. The Hall–Kier alpha value is -1.59. The standard InChI is InChI=1S/C13H16N2O3/c1-7-4-9(6-18-7)12(16)8-2-3-10-11(5-8)15-13(17)14-10/h2-3,5,7,9,12,16H,4,6H2,1H3,(H2,14,15,17). The van der Waals surface area contributed by atoms with Crippen LogP contribution in [0.4, 0.5) is 0 Å². The zero-order valence-corrected chi connectivity index (χ0v) is 10.1. The summed E-state index contributed by atoms with van der Waals surface area (Å²) in [6.45, 7) is 2.60. The van der Waals surface area contributed by atoms with Gasteiger partial charge < -0.3 is 19.8 Å². The topological polar surface area (TPSA) is 78.1 Å². The molecule has 2 heterocycles. The van der Waals surface area contributed by atoms with Crippen molar-refractivity contribution in [2.24, 2.45) is 5.92 Å². The molecule has 0 spiro atoms. The third kappa shape index (κ3) is 1.95. The Balaban J connectivity index is 1.91. The molecule has 5 heteroatoms. The number of hydrogen-bond acceptors (Lipinski definition) is 3. The molecule has 1 aromatic carbocycles. The summed E-state index contributed by atoms with van der Waals surface area (Å²) in [7, 11) is 0. The normalized spacial score (nSPS) is 25.7. The predicted octanol–water partition coefficient (Wildman–Crippen LogP) is 1.31. The number of imidazole rings is 1. The number of nitrogens with one attached hydrogen (secondary N) is 2. The van der Waals surface area contributed by atoms with Crippen LogP contribution >= 0.6 is 0 Å². The SMILES string of the molecule is CC1CC(C(O)c2ccc3[nH]c(=O)[nH]c3c2)CO1. The third-order valence-corrected chi connectivity index (χ3v) is 3.56. The highest BCUT2D eigenvalue weighted by molar-refractivity contribution is 5.75. The van der Waals surface area contributed by atoms with Gasteiger partial charge in [0.2, 0.25) is 0 Å². The molecule has 3 unspecified atom stereocenters. The van der Waals surface area contributed by atoms with Crippen LogP contribution in [0.3, 0.4) is 0 Å². The van der Waals surface area contributed by atoms with Crippen LogP contribution in [0.25, 0.3) is 11.0 Å². The number of aromatic nitrogens is 2. The lowest BCUT2D eigenvalue weighted by Crippen LogP contribution is -2.12.